The molecular formula is C19H21N3O3S. The number of amides is 1. The summed E-state index contributed by atoms with van der Waals surface area (Å²) in [5, 5.41) is 0. The summed E-state index contributed by atoms with van der Waals surface area (Å²) in [7, 11) is 0. The summed E-state index contributed by atoms with van der Waals surface area (Å²) in [6.07, 6.45) is 4.21. The molecule has 2 aliphatic rings. The first kappa shape index (κ1) is 17.3. The van der Waals surface area contributed by atoms with Gasteiger partial charge in [0.05, 0.1) is 22.1 Å². The molecule has 0 bridgehead atoms. The molecule has 0 saturated carbocycles. The Balaban J connectivity index is 1.52. The van der Waals surface area contributed by atoms with Crippen molar-refractivity contribution in [2.75, 3.05) is 19.7 Å². The third-order valence-corrected chi connectivity index (χ3v) is 6.36. The highest BCUT2D eigenvalue weighted by Gasteiger charge is 2.43. The molecule has 2 aliphatic heterocycles. The Hall–Kier alpha value is -2.12. The van der Waals surface area contributed by atoms with E-state index in [1.165, 1.54) is 18.3 Å². The number of hydrogen-bond donors (Lipinski definition) is 0. The molecule has 0 unspecified atom stereocenters. The van der Waals surface area contributed by atoms with Crippen LogP contribution in [0.4, 0.5) is 0 Å². The van der Waals surface area contributed by atoms with Gasteiger partial charge >= 0.3 is 0 Å². The number of aryl methyl sites for hydroxylation is 1. The van der Waals surface area contributed by atoms with Crippen LogP contribution in [0.1, 0.15) is 56.2 Å². The molecule has 1 fully saturated rings. The van der Waals surface area contributed by atoms with Gasteiger partial charge in [0.25, 0.3) is 5.91 Å². The average Bonchev–Trinajstić information content (AvgIpc) is 3.13. The van der Waals surface area contributed by atoms with Crippen LogP contribution in [-0.4, -0.2) is 46.3 Å². The second-order valence-corrected chi connectivity index (χ2v) is 7.98. The Morgan fingerprint density at radius 3 is 2.65 bits per heavy atom. The molecular weight excluding hydrogens is 350 g/mol. The maximum absolute atomic E-state index is 12.8. The number of ether oxygens (including phenoxy) is 1. The predicted octanol–water partition coefficient (Wildman–Crippen LogP) is 2.75. The van der Waals surface area contributed by atoms with E-state index in [1.807, 2.05) is 18.0 Å². The number of thiophene rings is 1. The van der Waals surface area contributed by atoms with Crippen molar-refractivity contribution in [2.24, 2.45) is 0 Å². The van der Waals surface area contributed by atoms with Crippen LogP contribution in [-0.2, 0) is 16.8 Å². The van der Waals surface area contributed by atoms with Crippen molar-refractivity contribution in [1.29, 1.82) is 0 Å². The fraction of sp³-hybridized carbons (Fsp3) is 0.474. The summed E-state index contributed by atoms with van der Waals surface area (Å²) < 4.78 is 6.19. The van der Waals surface area contributed by atoms with Crippen molar-refractivity contribution in [2.45, 2.75) is 38.7 Å². The monoisotopic (exact) mass is 371 g/mol. The number of carbonyl (C=O) groups excluding carboxylic acids is 2. The smallest absolute Gasteiger partial charge is 0.263 e. The maximum atomic E-state index is 12.8. The first-order chi connectivity index (χ1) is 12.5. The van der Waals surface area contributed by atoms with Crippen LogP contribution in [0.25, 0.3) is 0 Å². The first-order valence-electron chi connectivity index (χ1n) is 8.85. The molecule has 6 nitrogen and oxygen atoms in total. The normalized spacial score (nSPS) is 18.6. The largest absolute Gasteiger partial charge is 0.368 e. The van der Waals surface area contributed by atoms with Gasteiger partial charge in [-0.3, -0.25) is 9.59 Å². The molecule has 0 N–H and O–H groups in total. The Kier molecular flexibility index (Phi) is 4.36. The van der Waals surface area contributed by atoms with E-state index in [1.54, 1.807) is 12.1 Å². The Bertz CT molecular complexity index is 869. The van der Waals surface area contributed by atoms with Crippen LogP contribution in [0.5, 0.6) is 0 Å². The van der Waals surface area contributed by atoms with Gasteiger partial charge in [-0.1, -0.05) is 0 Å². The molecule has 0 radical (unpaired) electrons. The number of Topliss-reactive ketones (excluding diaryl/α,β-unsaturated/α-hetero) is 1. The predicted molar refractivity (Wildman–Crippen MR) is 97.6 cm³/mol. The number of likely N-dealkylation sites (tertiary alicyclic amines) is 1. The highest BCUT2D eigenvalue weighted by Crippen LogP contribution is 2.40. The van der Waals surface area contributed by atoms with Crippen molar-refractivity contribution in [3.8, 4) is 0 Å². The van der Waals surface area contributed by atoms with Gasteiger partial charge in [0.1, 0.15) is 11.4 Å². The van der Waals surface area contributed by atoms with E-state index in [9.17, 15) is 9.59 Å². The third-order valence-electron chi connectivity index (χ3n) is 5.19. The second kappa shape index (κ2) is 6.55. The van der Waals surface area contributed by atoms with Gasteiger partial charge in [-0.25, -0.2) is 9.97 Å². The van der Waals surface area contributed by atoms with Gasteiger partial charge in [-0.2, -0.15) is 0 Å². The van der Waals surface area contributed by atoms with Crippen molar-refractivity contribution >= 4 is 23.0 Å². The molecule has 0 aliphatic carbocycles. The molecule has 1 spiro atoms. The van der Waals surface area contributed by atoms with Crippen LogP contribution in [0.15, 0.2) is 18.3 Å². The number of carbonyl (C=O) groups is 2. The van der Waals surface area contributed by atoms with Gasteiger partial charge < -0.3 is 9.64 Å². The summed E-state index contributed by atoms with van der Waals surface area (Å²) in [6, 6.07) is 3.48. The number of rotatable bonds is 2. The number of nitrogens with zero attached hydrogens (tertiary/aromatic N) is 3. The molecule has 1 amide bonds. The van der Waals surface area contributed by atoms with E-state index < -0.39 is 5.60 Å². The SMILES string of the molecule is CC(=O)c1ccc(C(=O)N2CCC3(CC2)OCCc2cnc(C)nc23)s1. The Morgan fingerprint density at radius 2 is 1.96 bits per heavy atom. The summed E-state index contributed by atoms with van der Waals surface area (Å²) >= 11 is 1.27. The molecule has 0 aromatic carbocycles. The number of hydrogen-bond acceptors (Lipinski definition) is 6. The molecule has 2 aromatic rings. The zero-order valence-corrected chi connectivity index (χ0v) is 15.8. The van der Waals surface area contributed by atoms with E-state index in [-0.39, 0.29) is 11.7 Å². The molecule has 4 heterocycles. The van der Waals surface area contributed by atoms with Gasteiger partial charge in [0, 0.05) is 19.3 Å². The summed E-state index contributed by atoms with van der Waals surface area (Å²) in [4.78, 5) is 36.3. The zero-order chi connectivity index (χ0) is 18.3. The van der Waals surface area contributed by atoms with E-state index in [2.05, 4.69) is 9.97 Å². The van der Waals surface area contributed by atoms with Crippen LogP contribution in [0.2, 0.25) is 0 Å². The Morgan fingerprint density at radius 1 is 1.23 bits per heavy atom. The zero-order valence-electron chi connectivity index (χ0n) is 14.9. The fourth-order valence-electron chi connectivity index (χ4n) is 3.75. The lowest BCUT2D eigenvalue weighted by atomic mass is 9.83. The van der Waals surface area contributed by atoms with Gasteiger partial charge in [-0.05, 0) is 50.8 Å². The minimum atomic E-state index is -0.405. The van der Waals surface area contributed by atoms with E-state index >= 15 is 0 Å². The Labute approximate surface area is 156 Å². The topological polar surface area (TPSA) is 72.4 Å². The molecule has 1 saturated heterocycles. The summed E-state index contributed by atoms with van der Waals surface area (Å²) in [5.41, 5.74) is 1.75. The molecule has 26 heavy (non-hydrogen) atoms. The standard InChI is InChI=1S/C19H21N3O3S/c1-12(23)15-3-4-16(26-15)18(24)22-8-6-19(7-9-22)17-14(5-10-25-19)11-20-13(2)21-17/h3-4,11H,5-10H2,1-2H3. The third kappa shape index (κ3) is 2.95. The molecule has 7 heteroatoms. The quantitative estimate of drug-likeness (QED) is 0.759. The number of piperidine rings is 1. The summed E-state index contributed by atoms with van der Waals surface area (Å²) in [5.74, 6) is 0.739. The number of fused-ring (bicyclic) bond motifs is 2. The minimum absolute atomic E-state index is 0.00564. The lowest BCUT2D eigenvalue weighted by Crippen LogP contribution is -2.48. The highest BCUT2D eigenvalue weighted by molar-refractivity contribution is 7.15. The lowest BCUT2D eigenvalue weighted by Gasteiger charge is -2.44. The van der Waals surface area contributed by atoms with Crippen LogP contribution < -0.4 is 0 Å². The summed E-state index contributed by atoms with van der Waals surface area (Å²) in [6.45, 7) is 5.32. The molecule has 2 aromatic heterocycles. The maximum Gasteiger partial charge on any atom is 0.263 e. The highest BCUT2D eigenvalue weighted by atomic mass is 32.1. The van der Waals surface area contributed by atoms with E-state index in [0.29, 0.717) is 29.5 Å². The first-order valence-corrected chi connectivity index (χ1v) is 9.67. The van der Waals surface area contributed by atoms with Crippen molar-refractivity contribution in [3.05, 3.63) is 45.2 Å². The second-order valence-electron chi connectivity index (χ2n) is 6.90. The van der Waals surface area contributed by atoms with Crippen LogP contribution in [0, 0.1) is 6.92 Å². The number of ketones is 1. The lowest BCUT2D eigenvalue weighted by molar-refractivity contribution is -0.0968. The fourth-order valence-corrected chi connectivity index (χ4v) is 4.62. The van der Waals surface area contributed by atoms with E-state index in [4.69, 9.17) is 4.74 Å². The van der Waals surface area contributed by atoms with Crippen molar-refractivity contribution < 1.29 is 14.3 Å². The molecule has 0 atom stereocenters. The number of aromatic nitrogens is 2. The minimum Gasteiger partial charge on any atom is -0.368 e. The van der Waals surface area contributed by atoms with E-state index in [0.717, 1.165) is 36.3 Å². The van der Waals surface area contributed by atoms with Crippen molar-refractivity contribution in [3.63, 3.8) is 0 Å². The molecule has 136 valence electrons. The molecule has 4 rings (SSSR count). The van der Waals surface area contributed by atoms with Gasteiger partial charge in [0.2, 0.25) is 0 Å². The van der Waals surface area contributed by atoms with Crippen LogP contribution >= 0.6 is 11.3 Å². The van der Waals surface area contributed by atoms with Crippen molar-refractivity contribution in [1.82, 2.24) is 14.9 Å². The van der Waals surface area contributed by atoms with Crippen LogP contribution in [0.3, 0.4) is 0 Å². The van der Waals surface area contributed by atoms with Gasteiger partial charge in [-0.15, -0.1) is 11.3 Å². The van der Waals surface area contributed by atoms with Gasteiger partial charge in [0.15, 0.2) is 5.78 Å². The average molecular weight is 371 g/mol.